The highest BCUT2D eigenvalue weighted by Crippen LogP contribution is 2.12. The average Bonchev–Trinajstić information content (AvgIpc) is 2.36. The van der Waals surface area contributed by atoms with Crippen LogP contribution in [0, 0.1) is 29.0 Å². The molecule has 1 aromatic rings. The second kappa shape index (κ2) is 7.53. The fourth-order valence-electron chi connectivity index (χ4n) is 1.69. The fourth-order valence-corrected chi connectivity index (χ4v) is 1.69. The van der Waals surface area contributed by atoms with Crippen molar-refractivity contribution in [2.24, 2.45) is 0 Å². The molecule has 0 aliphatic rings. The van der Waals surface area contributed by atoms with Crippen LogP contribution in [-0.4, -0.2) is 29.7 Å². The van der Waals surface area contributed by atoms with E-state index in [0.717, 1.165) is 5.56 Å². The molecule has 1 unspecified atom stereocenters. The Labute approximate surface area is 113 Å². The third-order valence-corrected chi connectivity index (χ3v) is 2.84. The van der Waals surface area contributed by atoms with Crippen LogP contribution in [0.5, 0.6) is 0 Å². The van der Waals surface area contributed by atoms with E-state index < -0.39 is 0 Å². The number of hydrogen-bond acceptors (Lipinski definition) is 3. The minimum atomic E-state index is -0.346. The normalized spacial score (nSPS) is 11.6. The Hall–Kier alpha value is -1.88. The number of hydrogen-bond donors (Lipinski definition) is 1. The second-order valence-corrected chi connectivity index (χ2v) is 4.43. The van der Waals surface area contributed by atoms with Gasteiger partial charge in [0.15, 0.2) is 0 Å². The van der Waals surface area contributed by atoms with Gasteiger partial charge in [0.25, 0.3) is 0 Å². The molecular formula is C15H17FN2O. The number of nitriles is 1. The van der Waals surface area contributed by atoms with Gasteiger partial charge in [-0.1, -0.05) is 11.8 Å². The van der Waals surface area contributed by atoms with Crippen LogP contribution in [0.15, 0.2) is 18.2 Å². The molecule has 0 spiro atoms. The van der Waals surface area contributed by atoms with Crippen molar-refractivity contribution >= 4 is 0 Å². The maximum atomic E-state index is 13.5. The minimum absolute atomic E-state index is 0.111. The lowest BCUT2D eigenvalue weighted by Crippen LogP contribution is -2.28. The molecule has 1 N–H and O–H groups in total. The van der Waals surface area contributed by atoms with Crippen molar-refractivity contribution < 1.29 is 9.50 Å². The van der Waals surface area contributed by atoms with Crippen LogP contribution in [0.25, 0.3) is 0 Å². The van der Waals surface area contributed by atoms with Gasteiger partial charge >= 0.3 is 0 Å². The fraction of sp³-hybridized carbons (Fsp3) is 0.400. The first-order valence-corrected chi connectivity index (χ1v) is 6.03. The molecule has 0 fully saturated rings. The number of rotatable bonds is 4. The molecule has 100 valence electrons. The highest BCUT2D eigenvalue weighted by atomic mass is 19.1. The molecule has 3 nitrogen and oxygen atoms in total. The Balaban J connectivity index is 2.84. The van der Waals surface area contributed by atoms with Crippen LogP contribution < -0.4 is 0 Å². The van der Waals surface area contributed by atoms with Gasteiger partial charge in [0.05, 0.1) is 12.5 Å². The van der Waals surface area contributed by atoms with Gasteiger partial charge < -0.3 is 5.11 Å². The van der Waals surface area contributed by atoms with E-state index in [0.29, 0.717) is 18.5 Å². The maximum absolute atomic E-state index is 13.5. The van der Waals surface area contributed by atoms with Gasteiger partial charge in [-0.05, 0) is 37.7 Å². The van der Waals surface area contributed by atoms with Crippen LogP contribution in [0.2, 0.25) is 0 Å². The molecular weight excluding hydrogens is 243 g/mol. The number of aliphatic hydroxyl groups excluding tert-OH is 1. The van der Waals surface area contributed by atoms with Crippen molar-refractivity contribution in [3.8, 4) is 17.9 Å². The molecule has 0 bridgehead atoms. The van der Waals surface area contributed by atoms with Crippen LogP contribution in [0.3, 0.4) is 0 Å². The third-order valence-electron chi connectivity index (χ3n) is 2.84. The van der Waals surface area contributed by atoms with Crippen molar-refractivity contribution in [1.82, 2.24) is 4.90 Å². The zero-order valence-electron chi connectivity index (χ0n) is 11.2. The Bertz CT molecular complexity index is 525. The van der Waals surface area contributed by atoms with Crippen molar-refractivity contribution in [3.05, 3.63) is 35.1 Å². The topological polar surface area (TPSA) is 47.3 Å². The van der Waals surface area contributed by atoms with Gasteiger partial charge in [0.2, 0.25) is 0 Å². The molecule has 0 aromatic heterocycles. The standard InChI is InChI=1S/C15H17FN2O/c1-12(5-6-17)18(2)11-14-8-13(4-3-7-19)9-15(16)10-14/h8-10,12,19H,5,7,11H2,1-2H3. The van der Waals surface area contributed by atoms with E-state index in [4.69, 9.17) is 10.4 Å². The first-order chi connectivity index (χ1) is 9.06. The predicted molar refractivity (Wildman–Crippen MR) is 71.5 cm³/mol. The molecule has 1 rings (SSSR count). The Morgan fingerprint density at radius 2 is 2.16 bits per heavy atom. The molecule has 0 saturated carbocycles. The van der Waals surface area contributed by atoms with E-state index in [9.17, 15) is 4.39 Å². The van der Waals surface area contributed by atoms with Gasteiger partial charge in [0.1, 0.15) is 12.4 Å². The van der Waals surface area contributed by atoms with Gasteiger partial charge in [-0.15, -0.1) is 0 Å². The molecule has 1 aromatic carbocycles. The summed E-state index contributed by atoms with van der Waals surface area (Å²) in [5.41, 5.74) is 1.35. The lowest BCUT2D eigenvalue weighted by Gasteiger charge is -2.22. The number of aliphatic hydroxyl groups is 1. The van der Waals surface area contributed by atoms with Crippen molar-refractivity contribution in [2.45, 2.75) is 25.9 Å². The predicted octanol–water partition coefficient (Wildman–Crippen LogP) is 1.90. The molecule has 0 aliphatic heterocycles. The van der Waals surface area contributed by atoms with Gasteiger partial charge in [-0.3, -0.25) is 4.90 Å². The zero-order valence-corrected chi connectivity index (χ0v) is 11.2. The quantitative estimate of drug-likeness (QED) is 0.841. The third kappa shape index (κ3) is 5.09. The molecule has 0 amide bonds. The smallest absolute Gasteiger partial charge is 0.124 e. The van der Waals surface area contributed by atoms with Gasteiger partial charge in [-0.25, -0.2) is 4.39 Å². The van der Waals surface area contributed by atoms with Crippen LogP contribution >= 0.6 is 0 Å². The summed E-state index contributed by atoms with van der Waals surface area (Å²) in [6.45, 7) is 2.26. The summed E-state index contributed by atoms with van der Waals surface area (Å²) in [6, 6.07) is 6.82. The summed E-state index contributed by atoms with van der Waals surface area (Å²) in [4.78, 5) is 1.99. The number of benzene rings is 1. The molecule has 0 aliphatic carbocycles. The number of nitrogens with zero attached hydrogens (tertiary/aromatic N) is 2. The van der Waals surface area contributed by atoms with Gasteiger partial charge in [-0.2, -0.15) is 5.26 Å². The molecule has 0 heterocycles. The van der Waals surface area contributed by atoms with Gasteiger partial charge in [0, 0.05) is 18.2 Å². The Morgan fingerprint density at radius 3 is 2.79 bits per heavy atom. The Kier molecular flexibility index (Phi) is 6.02. The van der Waals surface area contributed by atoms with Crippen molar-refractivity contribution in [1.29, 1.82) is 5.26 Å². The summed E-state index contributed by atoms with van der Waals surface area (Å²) >= 11 is 0. The summed E-state index contributed by atoms with van der Waals surface area (Å²) in [6.07, 6.45) is 0.434. The summed E-state index contributed by atoms with van der Waals surface area (Å²) in [5, 5.41) is 17.3. The SMILES string of the molecule is CC(CC#N)N(C)Cc1cc(F)cc(C#CCO)c1. The van der Waals surface area contributed by atoms with E-state index >= 15 is 0 Å². The summed E-state index contributed by atoms with van der Waals surface area (Å²) < 4.78 is 13.5. The lowest BCUT2D eigenvalue weighted by atomic mass is 10.1. The highest BCUT2D eigenvalue weighted by Gasteiger charge is 2.10. The van der Waals surface area contributed by atoms with Crippen LogP contribution in [-0.2, 0) is 6.54 Å². The van der Waals surface area contributed by atoms with E-state index in [1.807, 2.05) is 18.9 Å². The molecule has 1 atom stereocenters. The second-order valence-electron chi connectivity index (χ2n) is 4.43. The highest BCUT2D eigenvalue weighted by molar-refractivity contribution is 5.37. The molecule has 0 saturated heterocycles. The van der Waals surface area contributed by atoms with Crippen LogP contribution in [0.1, 0.15) is 24.5 Å². The molecule has 19 heavy (non-hydrogen) atoms. The van der Waals surface area contributed by atoms with E-state index in [1.54, 1.807) is 6.07 Å². The average molecular weight is 260 g/mol. The zero-order chi connectivity index (χ0) is 14.3. The maximum Gasteiger partial charge on any atom is 0.124 e. The molecule has 4 heteroatoms. The van der Waals surface area contributed by atoms with E-state index in [2.05, 4.69) is 17.9 Å². The van der Waals surface area contributed by atoms with Crippen molar-refractivity contribution in [3.63, 3.8) is 0 Å². The molecule has 0 radical (unpaired) electrons. The largest absolute Gasteiger partial charge is 0.384 e. The van der Waals surface area contributed by atoms with Crippen LogP contribution in [0.4, 0.5) is 4.39 Å². The summed E-state index contributed by atoms with van der Waals surface area (Å²) in [5.74, 6) is 4.84. The van der Waals surface area contributed by atoms with E-state index in [1.165, 1.54) is 12.1 Å². The van der Waals surface area contributed by atoms with Crippen molar-refractivity contribution in [2.75, 3.05) is 13.7 Å². The minimum Gasteiger partial charge on any atom is -0.384 e. The monoisotopic (exact) mass is 260 g/mol. The Morgan fingerprint density at radius 1 is 1.42 bits per heavy atom. The lowest BCUT2D eigenvalue weighted by molar-refractivity contribution is 0.252. The van der Waals surface area contributed by atoms with E-state index in [-0.39, 0.29) is 18.5 Å². The first kappa shape index (κ1) is 15.2. The number of halogens is 1. The first-order valence-electron chi connectivity index (χ1n) is 6.03. The summed E-state index contributed by atoms with van der Waals surface area (Å²) in [7, 11) is 1.89.